The van der Waals surface area contributed by atoms with E-state index in [1.54, 1.807) is 31.3 Å². The van der Waals surface area contributed by atoms with Crippen LogP contribution >= 0.6 is 0 Å². The van der Waals surface area contributed by atoms with Gasteiger partial charge in [-0.15, -0.1) is 0 Å². The summed E-state index contributed by atoms with van der Waals surface area (Å²) in [6, 6.07) is 6.91. The smallest absolute Gasteiger partial charge is 0.238 e. The number of rotatable bonds is 5. The van der Waals surface area contributed by atoms with E-state index >= 15 is 0 Å². The molecule has 0 spiro atoms. The van der Waals surface area contributed by atoms with Gasteiger partial charge in [-0.3, -0.25) is 9.59 Å². The third-order valence-corrected chi connectivity index (χ3v) is 2.15. The SMILES string of the molecule is CCC(=O)c1ccc(NC(=O)CNC)cc1. The van der Waals surface area contributed by atoms with Crippen LogP contribution in [0.3, 0.4) is 0 Å². The van der Waals surface area contributed by atoms with E-state index in [4.69, 9.17) is 0 Å². The van der Waals surface area contributed by atoms with Crippen LogP contribution in [0.5, 0.6) is 0 Å². The number of benzene rings is 1. The van der Waals surface area contributed by atoms with Crippen LogP contribution in [-0.2, 0) is 4.79 Å². The molecule has 1 aromatic rings. The Balaban J connectivity index is 2.64. The van der Waals surface area contributed by atoms with Crippen molar-refractivity contribution in [3.8, 4) is 0 Å². The van der Waals surface area contributed by atoms with Crippen molar-refractivity contribution in [2.75, 3.05) is 18.9 Å². The number of Topliss-reactive ketones (excluding diaryl/α,β-unsaturated/α-hetero) is 1. The zero-order chi connectivity index (χ0) is 12.0. The number of hydrogen-bond acceptors (Lipinski definition) is 3. The number of carbonyl (C=O) groups excluding carboxylic acids is 2. The Kier molecular flexibility index (Phi) is 4.66. The van der Waals surface area contributed by atoms with Crippen molar-refractivity contribution in [1.82, 2.24) is 5.32 Å². The molecule has 16 heavy (non-hydrogen) atoms. The second kappa shape index (κ2) is 6.02. The second-order valence-electron chi connectivity index (χ2n) is 3.43. The first kappa shape index (κ1) is 12.4. The van der Waals surface area contributed by atoms with Crippen LogP contribution in [0.2, 0.25) is 0 Å². The Bertz CT molecular complexity index is 371. The lowest BCUT2D eigenvalue weighted by Gasteiger charge is -2.05. The van der Waals surface area contributed by atoms with Gasteiger partial charge in [0.1, 0.15) is 0 Å². The molecule has 4 heteroatoms. The van der Waals surface area contributed by atoms with Crippen molar-refractivity contribution >= 4 is 17.4 Å². The van der Waals surface area contributed by atoms with Crippen molar-refractivity contribution in [3.63, 3.8) is 0 Å². The summed E-state index contributed by atoms with van der Waals surface area (Å²) in [5.74, 6) is 0.00479. The summed E-state index contributed by atoms with van der Waals surface area (Å²) in [7, 11) is 1.71. The number of hydrogen-bond donors (Lipinski definition) is 2. The van der Waals surface area contributed by atoms with Crippen LogP contribution in [0.25, 0.3) is 0 Å². The molecule has 0 fully saturated rings. The lowest BCUT2D eigenvalue weighted by Crippen LogP contribution is -2.25. The lowest BCUT2D eigenvalue weighted by molar-refractivity contribution is -0.115. The predicted molar refractivity (Wildman–Crippen MR) is 63.6 cm³/mol. The van der Waals surface area contributed by atoms with Gasteiger partial charge in [-0.1, -0.05) is 6.92 Å². The first-order valence-corrected chi connectivity index (χ1v) is 5.25. The number of carbonyl (C=O) groups is 2. The van der Waals surface area contributed by atoms with E-state index in [2.05, 4.69) is 10.6 Å². The highest BCUT2D eigenvalue weighted by molar-refractivity contribution is 5.97. The first-order chi connectivity index (χ1) is 7.67. The van der Waals surface area contributed by atoms with Crippen molar-refractivity contribution in [1.29, 1.82) is 0 Å². The molecule has 1 amide bonds. The molecule has 0 bridgehead atoms. The molecule has 4 nitrogen and oxygen atoms in total. The van der Waals surface area contributed by atoms with Crippen molar-refractivity contribution in [2.24, 2.45) is 0 Å². The summed E-state index contributed by atoms with van der Waals surface area (Å²) in [4.78, 5) is 22.6. The zero-order valence-electron chi connectivity index (χ0n) is 9.54. The minimum atomic E-state index is -0.0999. The average molecular weight is 220 g/mol. The third kappa shape index (κ3) is 3.47. The molecule has 0 saturated heterocycles. The summed E-state index contributed by atoms with van der Waals surface area (Å²) in [5, 5.41) is 5.47. The average Bonchev–Trinajstić information content (AvgIpc) is 2.29. The molecular weight excluding hydrogens is 204 g/mol. The standard InChI is InChI=1S/C12H16N2O2/c1-3-11(15)9-4-6-10(7-5-9)14-12(16)8-13-2/h4-7,13H,3,8H2,1-2H3,(H,14,16). The number of amides is 1. The number of likely N-dealkylation sites (N-methyl/N-ethyl adjacent to an activating group) is 1. The van der Waals surface area contributed by atoms with E-state index in [0.29, 0.717) is 17.7 Å². The van der Waals surface area contributed by atoms with Crippen molar-refractivity contribution in [3.05, 3.63) is 29.8 Å². The largest absolute Gasteiger partial charge is 0.325 e. The fourth-order valence-electron chi connectivity index (χ4n) is 1.31. The normalized spacial score (nSPS) is 9.88. The fourth-order valence-corrected chi connectivity index (χ4v) is 1.31. The molecule has 0 aliphatic carbocycles. The molecule has 0 heterocycles. The highest BCUT2D eigenvalue weighted by atomic mass is 16.2. The zero-order valence-corrected chi connectivity index (χ0v) is 9.54. The van der Waals surface area contributed by atoms with Gasteiger partial charge in [-0.25, -0.2) is 0 Å². The van der Waals surface area contributed by atoms with Gasteiger partial charge in [-0.05, 0) is 31.3 Å². The van der Waals surface area contributed by atoms with Gasteiger partial charge in [0.2, 0.25) is 5.91 Å². The van der Waals surface area contributed by atoms with Gasteiger partial charge in [-0.2, -0.15) is 0 Å². The minimum Gasteiger partial charge on any atom is -0.325 e. The Morgan fingerprint density at radius 2 is 1.81 bits per heavy atom. The molecule has 0 unspecified atom stereocenters. The van der Waals surface area contributed by atoms with Gasteiger partial charge < -0.3 is 10.6 Å². The monoisotopic (exact) mass is 220 g/mol. The van der Waals surface area contributed by atoms with Gasteiger partial charge in [0.25, 0.3) is 0 Å². The molecule has 1 aromatic carbocycles. The number of nitrogens with one attached hydrogen (secondary N) is 2. The van der Waals surface area contributed by atoms with Crippen LogP contribution in [0, 0.1) is 0 Å². The first-order valence-electron chi connectivity index (χ1n) is 5.25. The van der Waals surface area contributed by atoms with Crippen LogP contribution in [0.1, 0.15) is 23.7 Å². The Labute approximate surface area is 95.0 Å². The quantitative estimate of drug-likeness (QED) is 0.738. The third-order valence-electron chi connectivity index (χ3n) is 2.15. The van der Waals surface area contributed by atoms with Crippen LogP contribution in [-0.4, -0.2) is 25.3 Å². The van der Waals surface area contributed by atoms with E-state index in [1.165, 1.54) is 0 Å². The van der Waals surface area contributed by atoms with Gasteiger partial charge in [0.05, 0.1) is 6.54 Å². The maximum Gasteiger partial charge on any atom is 0.238 e. The Hall–Kier alpha value is -1.68. The fraction of sp³-hybridized carbons (Fsp3) is 0.333. The molecule has 1 rings (SSSR count). The number of anilines is 1. The van der Waals surface area contributed by atoms with E-state index in [9.17, 15) is 9.59 Å². The number of ketones is 1. The van der Waals surface area contributed by atoms with Gasteiger partial charge in [0.15, 0.2) is 5.78 Å². The van der Waals surface area contributed by atoms with E-state index in [-0.39, 0.29) is 18.2 Å². The van der Waals surface area contributed by atoms with Gasteiger partial charge >= 0.3 is 0 Å². The molecule has 0 radical (unpaired) electrons. The summed E-state index contributed by atoms with van der Waals surface area (Å²) < 4.78 is 0. The second-order valence-corrected chi connectivity index (χ2v) is 3.43. The summed E-state index contributed by atoms with van der Waals surface area (Å²) in [6.07, 6.45) is 0.492. The van der Waals surface area contributed by atoms with E-state index in [1.807, 2.05) is 6.92 Å². The Morgan fingerprint density at radius 1 is 1.19 bits per heavy atom. The van der Waals surface area contributed by atoms with Crippen molar-refractivity contribution < 1.29 is 9.59 Å². The summed E-state index contributed by atoms with van der Waals surface area (Å²) in [6.45, 7) is 2.10. The van der Waals surface area contributed by atoms with Crippen LogP contribution in [0.4, 0.5) is 5.69 Å². The van der Waals surface area contributed by atoms with Gasteiger partial charge in [0, 0.05) is 17.7 Å². The summed E-state index contributed by atoms with van der Waals surface area (Å²) in [5.41, 5.74) is 1.38. The maximum atomic E-state index is 11.4. The molecule has 0 aliphatic heterocycles. The molecule has 86 valence electrons. The molecule has 0 aliphatic rings. The van der Waals surface area contributed by atoms with Crippen LogP contribution in [0.15, 0.2) is 24.3 Å². The predicted octanol–water partition coefficient (Wildman–Crippen LogP) is 1.44. The minimum absolute atomic E-state index is 0.0999. The molecular formula is C12H16N2O2. The molecule has 2 N–H and O–H groups in total. The maximum absolute atomic E-state index is 11.4. The van der Waals surface area contributed by atoms with Crippen LogP contribution < -0.4 is 10.6 Å². The molecule has 0 atom stereocenters. The topological polar surface area (TPSA) is 58.2 Å². The molecule has 0 saturated carbocycles. The van der Waals surface area contributed by atoms with E-state index < -0.39 is 0 Å². The van der Waals surface area contributed by atoms with E-state index in [0.717, 1.165) is 0 Å². The summed E-state index contributed by atoms with van der Waals surface area (Å²) >= 11 is 0. The highest BCUT2D eigenvalue weighted by Gasteiger charge is 2.04. The van der Waals surface area contributed by atoms with Crippen molar-refractivity contribution in [2.45, 2.75) is 13.3 Å². The lowest BCUT2D eigenvalue weighted by atomic mass is 10.1. The molecule has 0 aromatic heterocycles. The Morgan fingerprint density at radius 3 is 2.31 bits per heavy atom. The highest BCUT2D eigenvalue weighted by Crippen LogP contribution is 2.10.